The van der Waals surface area contributed by atoms with Gasteiger partial charge in [0.2, 0.25) is 0 Å². The molecule has 1 aromatic carbocycles. The Morgan fingerprint density at radius 3 is 2.59 bits per heavy atom. The number of carbonyl (C=O) groups excluding carboxylic acids is 1. The van der Waals surface area contributed by atoms with Gasteiger partial charge in [-0.25, -0.2) is 9.59 Å². The molecule has 1 heterocycles. The number of carboxylic acid groups (broad SMARTS) is 1. The van der Waals surface area contributed by atoms with E-state index >= 15 is 0 Å². The third kappa shape index (κ3) is 3.57. The average Bonchev–Trinajstić information content (AvgIpc) is 2.76. The van der Waals surface area contributed by atoms with Gasteiger partial charge in [-0.3, -0.25) is 0 Å². The lowest BCUT2D eigenvalue weighted by atomic mass is 10.0. The molecule has 0 spiro atoms. The van der Waals surface area contributed by atoms with Gasteiger partial charge in [0.15, 0.2) is 6.04 Å². The van der Waals surface area contributed by atoms with Crippen LogP contribution in [0.3, 0.4) is 0 Å². The summed E-state index contributed by atoms with van der Waals surface area (Å²) in [5, 5.41) is 14.9. The Labute approximate surface area is 132 Å². The van der Waals surface area contributed by atoms with Crippen molar-refractivity contribution in [2.75, 3.05) is 0 Å². The highest BCUT2D eigenvalue weighted by Crippen LogP contribution is 2.32. The molecule has 0 aliphatic heterocycles. The standard InChI is InChI=1S/C16H19NO4S/c1-9-8-22-13-10(9)6-5-7-11(13)12(14(18)19)17-15(20)21-16(2,3)4/h5-8,12H,1-4H3,(H,17,20)(H,18,19). The van der Waals surface area contributed by atoms with Crippen molar-refractivity contribution in [1.29, 1.82) is 0 Å². The largest absolute Gasteiger partial charge is 0.479 e. The van der Waals surface area contributed by atoms with E-state index in [0.717, 1.165) is 15.6 Å². The minimum absolute atomic E-state index is 0.564. The van der Waals surface area contributed by atoms with Crippen LogP contribution in [0.1, 0.15) is 37.9 Å². The summed E-state index contributed by atoms with van der Waals surface area (Å²) in [4.78, 5) is 23.5. The molecule has 6 heteroatoms. The van der Waals surface area contributed by atoms with Crippen LogP contribution in [0, 0.1) is 6.92 Å². The summed E-state index contributed by atoms with van der Waals surface area (Å²) in [7, 11) is 0. The molecule has 0 aliphatic carbocycles. The van der Waals surface area contributed by atoms with Gasteiger partial charge in [0.1, 0.15) is 5.60 Å². The quantitative estimate of drug-likeness (QED) is 0.900. The van der Waals surface area contributed by atoms with Crippen LogP contribution in [0.15, 0.2) is 23.6 Å². The van der Waals surface area contributed by atoms with E-state index in [1.54, 1.807) is 32.9 Å². The van der Waals surface area contributed by atoms with Gasteiger partial charge >= 0.3 is 12.1 Å². The summed E-state index contributed by atoms with van der Waals surface area (Å²) in [6.45, 7) is 7.16. The zero-order valence-corrected chi connectivity index (χ0v) is 13.8. The molecule has 1 unspecified atom stereocenters. The Balaban J connectivity index is 2.35. The number of amides is 1. The fourth-order valence-electron chi connectivity index (χ4n) is 2.13. The van der Waals surface area contributed by atoms with Crippen LogP contribution in [0.5, 0.6) is 0 Å². The van der Waals surface area contributed by atoms with Crippen molar-refractivity contribution in [1.82, 2.24) is 5.32 Å². The molecule has 2 aromatic rings. The number of hydrogen-bond acceptors (Lipinski definition) is 4. The molecular weight excluding hydrogens is 302 g/mol. The van der Waals surface area contributed by atoms with E-state index in [9.17, 15) is 14.7 Å². The van der Waals surface area contributed by atoms with Crippen LogP contribution in [-0.2, 0) is 9.53 Å². The van der Waals surface area contributed by atoms with E-state index in [0.29, 0.717) is 5.56 Å². The van der Waals surface area contributed by atoms with Gasteiger partial charge in [-0.1, -0.05) is 18.2 Å². The van der Waals surface area contributed by atoms with Crippen LogP contribution < -0.4 is 5.32 Å². The second-order valence-electron chi connectivity index (χ2n) is 6.06. The summed E-state index contributed by atoms with van der Waals surface area (Å²) in [6, 6.07) is 4.31. The van der Waals surface area contributed by atoms with Crippen molar-refractivity contribution in [2.24, 2.45) is 0 Å². The number of alkyl carbamates (subject to hydrolysis) is 1. The zero-order valence-electron chi connectivity index (χ0n) is 13.0. The molecule has 0 fully saturated rings. The average molecular weight is 321 g/mol. The summed E-state index contributed by atoms with van der Waals surface area (Å²) in [5.41, 5.74) is 0.968. The normalized spacial score (nSPS) is 12.9. The first-order valence-corrected chi connectivity index (χ1v) is 7.76. The molecule has 0 aliphatic rings. The fraction of sp³-hybridized carbons (Fsp3) is 0.375. The second kappa shape index (κ2) is 5.96. The number of aryl methyl sites for hydroxylation is 1. The monoisotopic (exact) mass is 321 g/mol. The molecule has 118 valence electrons. The lowest BCUT2D eigenvalue weighted by molar-refractivity contribution is -0.139. The van der Waals surface area contributed by atoms with Gasteiger partial charge < -0.3 is 15.2 Å². The van der Waals surface area contributed by atoms with Crippen molar-refractivity contribution < 1.29 is 19.4 Å². The highest BCUT2D eigenvalue weighted by atomic mass is 32.1. The van der Waals surface area contributed by atoms with Crippen molar-refractivity contribution >= 4 is 33.5 Å². The van der Waals surface area contributed by atoms with Crippen LogP contribution in [0.2, 0.25) is 0 Å². The van der Waals surface area contributed by atoms with Crippen LogP contribution >= 0.6 is 11.3 Å². The molecule has 2 N–H and O–H groups in total. The number of thiophene rings is 1. The molecule has 22 heavy (non-hydrogen) atoms. The maximum absolute atomic E-state index is 11.9. The molecule has 1 amide bonds. The van der Waals surface area contributed by atoms with Crippen molar-refractivity contribution in [3.05, 3.63) is 34.7 Å². The van der Waals surface area contributed by atoms with Crippen molar-refractivity contribution in [2.45, 2.75) is 39.3 Å². The lowest BCUT2D eigenvalue weighted by Crippen LogP contribution is -2.38. The summed E-state index contributed by atoms with van der Waals surface area (Å²) in [5.74, 6) is -1.12. The smallest absolute Gasteiger partial charge is 0.408 e. The van der Waals surface area contributed by atoms with Crippen LogP contribution in [0.25, 0.3) is 10.1 Å². The van der Waals surface area contributed by atoms with Gasteiger partial charge in [-0.2, -0.15) is 0 Å². The molecule has 0 saturated heterocycles. The third-order valence-corrected chi connectivity index (χ3v) is 4.21. The number of ether oxygens (including phenoxy) is 1. The van der Waals surface area contributed by atoms with Gasteiger partial charge in [0.25, 0.3) is 0 Å². The SMILES string of the molecule is Cc1csc2c(C(NC(=O)OC(C)(C)C)C(=O)O)cccc12. The number of aliphatic carboxylic acids is 1. The number of rotatable bonds is 3. The molecule has 0 saturated carbocycles. The number of nitrogens with one attached hydrogen (secondary N) is 1. The number of carboxylic acids is 1. The van der Waals surface area contributed by atoms with Crippen molar-refractivity contribution in [3.63, 3.8) is 0 Å². The Kier molecular flexibility index (Phi) is 4.42. The van der Waals surface area contributed by atoms with Gasteiger partial charge in [-0.15, -0.1) is 11.3 Å². The van der Waals surface area contributed by atoms with Crippen LogP contribution in [-0.4, -0.2) is 22.8 Å². The minimum Gasteiger partial charge on any atom is -0.479 e. The molecule has 2 rings (SSSR count). The number of hydrogen-bond donors (Lipinski definition) is 2. The van der Waals surface area contributed by atoms with E-state index in [1.165, 1.54) is 11.3 Å². The maximum Gasteiger partial charge on any atom is 0.408 e. The van der Waals surface area contributed by atoms with Crippen molar-refractivity contribution in [3.8, 4) is 0 Å². The highest BCUT2D eigenvalue weighted by Gasteiger charge is 2.27. The first kappa shape index (κ1) is 16.3. The lowest BCUT2D eigenvalue weighted by Gasteiger charge is -2.22. The van der Waals surface area contributed by atoms with Gasteiger partial charge in [0.05, 0.1) is 0 Å². The summed E-state index contributed by atoms with van der Waals surface area (Å²) in [6.07, 6.45) is -0.745. The minimum atomic E-state index is -1.14. The second-order valence-corrected chi connectivity index (χ2v) is 6.94. The zero-order chi connectivity index (χ0) is 16.5. The first-order chi connectivity index (χ1) is 10.2. The Morgan fingerprint density at radius 1 is 1.32 bits per heavy atom. The molecule has 0 radical (unpaired) electrons. The summed E-state index contributed by atoms with van der Waals surface area (Å²) < 4.78 is 6.01. The van der Waals surface area contributed by atoms with Crippen LogP contribution in [0.4, 0.5) is 4.79 Å². The van der Waals surface area contributed by atoms with E-state index < -0.39 is 23.7 Å². The molecule has 0 bridgehead atoms. The Hall–Kier alpha value is -2.08. The van der Waals surface area contributed by atoms with E-state index in [2.05, 4.69) is 5.32 Å². The molecule has 5 nitrogen and oxygen atoms in total. The number of carbonyl (C=O) groups is 2. The first-order valence-electron chi connectivity index (χ1n) is 6.88. The maximum atomic E-state index is 11.9. The molecular formula is C16H19NO4S. The van der Waals surface area contributed by atoms with Gasteiger partial charge in [-0.05, 0) is 44.0 Å². The summed E-state index contributed by atoms with van der Waals surface area (Å²) >= 11 is 1.47. The third-order valence-electron chi connectivity index (χ3n) is 3.04. The predicted octanol–water partition coefficient (Wildman–Crippen LogP) is 3.86. The number of fused-ring (bicyclic) bond motifs is 1. The van der Waals surface area contributed by atoms with E-state index in [1.807, 2.05) is 18.4 Å². The predicted molar refractivity (Wildman–Crippen MR) is 86.3 cm³/mol. The molecule has 1 atom stereocenters. The Bertz CT molecular complexity index is 714. The van der Waals surface area contributed by atoms with Gasteiger partial charge in [0, 0.05) is 10.3 Å². The number of benzene rings is 1. The topological polar surface area (TPSA) is 75.6 Å². The fourth-order valence-corrected chi connectivity index (χ4v) is 3.23. The highest BCUT2D eigenvalue weighted by molar-refractivity contribution is 7.17. The van der Waals surface area contributed by atoms with E-state index in [-0.39, 0.29) is 0 Å². The van der Waals surface area contributed by atoms with E-state index in [4.69, 9.17) is 4.74 Å². The molecule has 1 aromatic heterocycles. The Morgan fingerprint density at radius 2 is 2.00 bits per heavy atom.